The van der Waals surface area contributed by atoms with Crippen molar-refractivity contribution >= 4 is 37.5 Å². The van der Waals surface area contributed by atoms with Gasteiger partial charge in [0.25, 0.3) is 5.91 Å². The van der Waals surface area contributed by atoms with Crippen molar-refractivity contribution in [1.29, 1.82) is 0 Å². The highest BCUT2D eigenvalue weighted by atomic mass is 32.2. The Morgan fingerprint density at radius 2 is 1.80 bits per heavy atom. The Kier molecular flexibility index (Phi) is 6.22. The lowest BCUT2D eigenvalue weighted by atomic mass is 10.0. The molecule has 5 rings (SSSR count). The highest BCUT2D eigenvalue weighted by Gasteiger charge is 2.28. The summed E-state index contributed by atoms with van der Waals surface area (Å²) in [6.45, 7) is 4.73. The highest BCUT2D eigenvalue weighted by Crippen LogP contribution is 2.25. The van der Waals surface area contributed by atoms with Crippen LogP contribution in [0.4, 0.5) is 4.39 Å². The van der Waals surface area contributed by atoms with Gasteiger partial charge < -0.3 is 4.57 Å². The summed E-state index contributed by atoms with van der Waals surface area (Å²) in [5.41, 5.74) is 2.78. The van der Waals surface area contributed by atoms with Crippen LogP contribution < -0.4 is 4.80 Å². The predicted octanol–water partition coefficient (Wildman–Crippen LogP) is 4.52. The fourth-order valence-electron chi connectivity index (χ4n) is 4.22. The molecule has 0 spiro atoms. The van der Waals surface area contributed by atoms with Crippen molar-refractivity contribution < 1.29 is 17.6 Å². The monoisotopic (exact) mass is 507 g/mol. The van der Waals surface area contributed by atoms with Crippen molar-refractivity contribution in [3.05, 3.63) is 107 Å². The molecular weight excluding hydrogens is 485 g/mol. The van der Waals surface area contributed by atoms with Gasteiger partial charge in [-0.1, -0.05) is 47.7 Å². The molecule has 0 atom stereocenters. The first-order valence-electron chi connectivity index (χ1n) is 11.0. The number of nitrogens with zero attached hydrogens (tertiary/aromatic N) is 3. The van der Waals surface area contributed by atoms with E-state index in [9.17, 15) is 17.6 Å². The second-order valence-electron chi connectivity index (χ2n) is 8.17. The first kappa shape index (κ1) is 23.3. The number of para-hydroxylation sites is 1. The van der Waals surface area contributed by atoms with Crippen LogP contribution in [0.25, 0.3) is 10.2 Å². The summed E-state index contributed by atoms with van der Waals surface area (Å²) in [6, 6.07) is 18.3. The molecule has 1 aliphatic rings. The number of hydrogen-bond donors (Lipinski definition) is 0. The average molecular weight is 508 g/mol. The topological polar surface area (TPSA) is 71.7 Å². The second-order valence-corrected chi connectivity index (χ2v) is 11.1. The maximum Gasteiger partial charge on any atom is 0.279 e. The zero-order valence-electron chi connectivity index (χ0n) is 18.7. The number of allylic oxidation sites excluding steroid dienone is 1. The summed E-state index contributed by atoms with van der Waals surface area (Å²) in [7, 11) is -3.71. The number of carbonyl (C=O) groups is 1. The van der Waals surface area contributed by atoms with E-state index in [1.807, 2.05) is 24.3 Å². The van der Waals surface area contributed by atoms with Crippen LogP contribution in [-0.2, 0) is 29.5 Å². The number of benzene rings is 3. The van der Waals surface area contributed by atoms with Gasteiger partial charge in [0.2, 0.25) is 10.0 Å². The van der Waals surface area contributed by atoms with E-state index in [-0.39, 0.29) is 10.5 Å². The minimum atomic E-state index is -3.71. The molecule has 1 amide bonds. The number of sulfonamides is 1. The molecule has 9 heteroatoms. The molecule has 1 aromatic heterocycles. The van der Waals surface area contributed by atoms with E-state index >= 15 is 0 Å². The average Bonchev–Trinajstić information content (AvgIpc) is 3.22. The molecule has 0 saturated heterocycles. The molecule has 4 aromatic rings. The Hall–Kier alpha value is -3.40. The maximum absolute atomic E-state index is 14.4. The number of fused-ring (bicyclic) bond motifs is 2. The molecule has 6 nitrogen and oxygen atoms in total. The molecular formula is C26H22FN3O3S2. The van der Waals surface area contributed by atoms with Crippen LogP contribution in [0.2, 0.25) is 0 Å². The molecule has 35 heavy (non-hydrogen) atoms. The zero-order valence-corrected chi connectivity index (χ0v) is 20.4. The molecule has 178 valence electrons. The predicted molar refractivity (Wildman–Crippen MR) is 134 cm³/mol. The quantitative estimate of drug-likeness (QED) is 0.373. The molecule has 0 N–H and O–H groups in total. The third-order valence-electron chi connectivity index (χ3n) is 6.00. The smallest absolute Gasteiger partial charge is 0.279 e. The number of aromatic nitrogens is 1. The third kappa shape index (κ3) is 4.38. The van der Waals surface area contributed by atoms with Gasteiger partial charge in [0.05, 0.1) is 15.1 Å². The van der Waals surface area contributed by atoms with E-state index in [4.69, 9.17) is 0 Å². The van der Waals surface area contributed by atoms with E-state index < -0.39 is 21.7 Å². The second kappa shape index (κ2) is 9.33. The van der Waals surface area contributed by atoms with Crippen LogP contribution in [0.1, 0.15) is 21.5 Å². The number of carbonyl (C=O) groups excluding carboxylic acids is 1. The van der Waals surface area contributed by atoms with E-state index in [0.29, 0.717) is 41.1 Å². The molecule has 0 bridgehead atoms. The summed E-state index contributed by atoms with van der Waals surface area (Å²) in [5.74, 6) is -0.935. The van der Waals surface area contributed by atoms with Crippen LogP contribution in [0.5, 0.6) is 0 Å². The van der Waals surface area contributed by atoms with Crippen molar-refractivity contribution in [2.75, 3.05) is 6.54 Å². The Morgan fingerprint density at radius 3 is 2.54 bits per heavy atom. The summed E-state index contributed by atoms with van der Waals surface area (Å²) in [4.78, 5) is 17.6. The van der Waals surface area contributed by atoms with Crippen molar-refractivity contribution in [2.45, 2.75) is 24.4 Å². The molecule has 0 radical (unpaired) electrons. The standard InChI is InChI=1S/C26H22FN3O3S2/c1-2-15-30-24-22(27)8-5-9-23(24)34-26(30)28-25(31)19-10-12-21(13-11-19)35(32,33)29-16-14-18-6-3-4-7-20(18)17-29/h2-13H,1,14-17H2. The minimum absolute atomic E-state index is 0.124. The SMILES string of the molecule is C=CCn1c(=NC(=O)c2ccc(S(=O)(=O)N3CCc4ccccc4C3)cc2)sc2cccc(F)c21. The van der Waals surface area contributed by atoms with Crippen LogP contribution in [-0.4, -0.2) is 29.7 Å². The fourth-order valence-corrected chi connectivity index (χ4v) is 6.69. The Bertz CT molecular complexity index is 1620. The Balaban J connectivity index is 1.43. The van der Waals surface area contributed by atoms with E-state index in [2.05, 4.69) is 11.6 Å². The minimum Gasteiger partial charge on any atom is -0.310 e. The van der Waals surface area contributed by atoms with Crippen LogP contribution in [0, 0.1) is 5.82 Å². The van der Waals surface area contributed by atoms with Gasteiger partial charge >= 0.3 is 0 Å². The van der Waals surface area contributed by atoms with Crippen molar-refractivity contribution in [2.24, 2.45) is 4.99 Å². The van der Waals surface area contributed by atoms with Crippen molar-refractivity contribution in [3.8, 4) is 0 Å². The maximum atomic E-state index is 14.4. The molecule has 0 unspecified atom stereocenters. The summed E-state index contributed by atoms with van der Waals surface area (Å²) in [6.07, 6.45) is 2.27. The molecule has 0 aliphatic carbocycles. The van der Waals surface area contributed by atoms with E-state index in [1.165, 1.54) is 46.0 Å². The van der Waals surface area contributed by atoms with Gasteiger partial charge in [0.1, 0.15) is 5.82 Å². The highest BCUT2D eigenvalue weighted by molar-refractivity contribution is 7.89. The molecule has 3 aromatic carbocycles. The molecule has 1 aliphatic heterocycles. The number of thiazole rings is 1. The normalized spacial score (nSPS) is 14.7. The summed E-state index contributed by atoms with van der Waals surface area (Å²) in [5, 5.41) is 0. The van der Waals surface area contributed by atoms with Gasteiger partial charge in [0.15, 0.2) is 4.80 Å². The van der Waals surface area contributed by atoms with Gasteiger partial charge in [-0.15, -0.1) is 6.58 Å². The van der Waals surface area contributed by atoms with Gasteiger partial charge in [-0.2, -0.15) is 9.30 Å². The Morgan fingerprint density at radius 1 is 1.06 bits per heavy atom. The van der Waals surface area contributed by atoms with Crippen LogP contribution >= 0.6 is 11.3 Å². The number of halogens is 1. The van der Waals surface area contributed by atoms with Crippen molar-refractivity contribution in [1.82, 2.24) is 8.87 Å². The van der Waals surface area contributed by atoms with Crippen LogP contribution in [0.15, 0.2) is 89.3 Å². The first-order chi connectivity index (χ1) is 16.9. The van der Waals surface area contributed by atoms with E-state index in [0.717, 1.165) is 11.1 Å². The van der Waals surface area contributed by atoms with Gasteiger partial charge in [-0.25, -0.2) is 12.8 Å². The lowest BCUT2D eigenvalue weighted by Gasteiger charge is -2.28. The molecule has 0 fully saturated rings. The lowest BCUT2D eigenvalue weighted by molar-refractivity contribution is 0.0997. The Labute approximate surface area is 206 Å². The fraction of sp³-hybridized carbons (Fsp3) is 0.154. The van der Waals surface area contributed by atoms with E-state index in [1.54, 1.807) is 22.8 Å². The van der Waals surface area contributed by atoms with Crippen LogP contribution in [0.3, 0.4) is 0 Å². The number of hydrogen-bond acceptors (Lipinski definition) is 4. The number of rotatable bonds is 5. The summed E-state index contributed by atoms with van der Waals surface area (Å²) >= 11 is 1.21. The summed E-state index contributed by atoms with van der Waals surface area (Å²) < 4.78 is 44.5. The third-order valence-corrected chi connectivity index (χ3v) is 8.90. The molecule has 2 heterocycles. The largest absolute Gasteiger partial charge is 0.310 e. The van der Waals surface area contributed by atoms with Gasteiger partial charge in [0, 0.05) is 25.2 Å². The van der Waals surface area contributed by atoms with Crippen molar-refractivity contribution in [3.63, 3.8) is 0 Å². The van der Waals surface area contributed by atoms with Gasteiger partial charge in [-0.05, 0) is 53.9 Å². The van der Waals surface area contributed by atoms with Gasteiger partial charge in [-0.3, -0.25) is 4.79 Å². The first-order valence-corrected chi connectivity index (χ1v) is 13.3. The lowest BCUT2D eigenvalue weighted by Crippen LogP contribution is -2.35. The molecule has 0 saturated carbocycles. The zero-order chi connectivity index (χ0) is 24.6. The number of amides is 1.